The number of carbonyl (C=O) groups excluding carboxylic acids is 1. The van der Waals surface area contributed by atoms with E-state index in [9.17, 15) is 4.79 Å². The zero-order valence-electron chi connectivity index (χ0n) is 11.2. The van der Waals surface area contributed by atoms with Crippen molar-refractivity contribution in [1.29, 1.82) is 0 Å². The number of nitrogens with two attached hydrogens (primary N) is 1. The highest BCUT2D eigenvalue weighted by Gasteiger charge is 2.20. The van der Waals surface area contributed by atoms with Gasteiger partial charge < -0.3 is 10.5 Å². The number of nitrogen functional groups attached to an aromatic ring is 1. The van der Waals surface area contributed by atoms with Crippen LogP contribution >= 0.6 is 11.8 Å². The number of anilines is 1. The normalized spacial score (nSPS) is 12.4. The Balaban J connectivity index is 2.62. The third-order valence-corrected chi connectivity index (χ3v) is 3.82. The van der Waals surface area contributed by atoms with Crippen molar-refractivity contribution >= 4 is 23.4 Å². The van der Waals surface area contributed by atoms with Crippen molar-refractivity contribution in [1.82, 2.24) is 0 Å². The van der Waals surface area contributed by atoms with Crippen LogP contribution in [-0.2, 0) is 9.53 Å². The molecule has 0 radical (unpaired) electrons. The van der Waals surface area contributed by atoms with Crippen LogP contribution in [0.5, 0.6) is 0 Å². The second-order valence-corrected chi connectivity index (χ2v) is 5.82. The van der Waals surface area contributed by atoms with Gasteiger partial charge in [-0.2, -0.15) is 0 Å². The van der Waals surface area contributed by atoms with Gasteiger partial charge in [-0.05, 0) is 24.5 Å². The van der Waals surface area contributed by atoms with Crippen LogP contribution < -0.4 is 5.73 Å². The van der Waals surface area contributed by atoms with Crippen molar-refractivity contribution in [2.45, 2.75) is 37.3 Å². The van der Waals surface area contributed by atoms with E-state index in [1.54, 1.807) is 0 Å². The van der Waals surface area contributed by atoms with Gasteiger partial charge >= 0.3 is 5.97 Å². The van der Waals surface area contributed by atoms with Crippen molar-refractivity contribution < 1.29 is 9.53 Å². The molecule has 100 valence electrons. The minimum absolute atomic E-state index is 0.153. The summed E-state index contributed by atoms with van der Waals surface area (Å²) in [6, 6.07) is 7.58. The smallest absolute Gasteiger partial charge is 0.319 e. The molecule has 0 aromatic heterocycles. The molecule has 0 heterocycles. The number of ether oxygens (including phenoxy) is 1. The molecule has 1 aromatic carbocycles. The van der Waals surface area contributed by atoms with Gasteiger partial charge in [0, 0.05) is 10.6 Å². The van der Waals surface area contributed by atoms with E-state index in [2.05, 4.69) is 0 Å². The van der Waals surface area contributed by atoms with E-state index in [4.69, 9.17) is 10.5 Å². The summed E-state index contributed by atoms with van der Waals surface area (Å²) >= 11 is 1.48. The van der Waals surface area contributed by atoms with Crippen molar-refractivity contribution in [3.05, 3.63) is 24.3 Å². The monoisotopic (exact) mass is 267 g/mol. The molecule has 0 amide bonds. The number of hydrogen-bond acceptors (Lipinski definition) is 4. The molecule has 1 atom stereocenters. The number of rotatable bonds is 6. The second kappa shape index (κ2) is 7.31. The molecule has 3 nitrogen and oxygen atoms in total. The molecule has 2 N–H and O–H groups in total. The quantitative estimate of drug-likeness (QED) is 0.488. The van der Waals surface area contributed by atoms with Crippen molar-refractivity contribution in [2.75, 3.05) is 12.3 Å². The molecule has 1 unspecified atom stereocenters. The average molecular weight is 267 g/mol. The van der Waals surface area contributed by atoms with Gasteiger partial charge in [0.2, 0.25) is 0 Å². The second-order valence-electron chi connectivity index (χ2n) is 4.58. The molecule has 1 aromatic rings. The molecule has 0 saturated heterocycles. The molecular weight excluding hydrogens is 246 g/mol. The summed E-state index contributed by atoms with van der Waals surface area (Å²) in [7, 11) is 0. The number of carbonyl (C=O) groups is 1. The van der Waals surface area contributed by atoms with E-state index in [1.807, 2.05) is 45.0 Å². The maximum atomic E-state index is 11.9. The van der Waals surface area contributed by atoms with Gasteiger partial charge in [-0.15, -0.1) is 11.8 Å². The van der Waals surface area contributed by atoms with E-state index in [1.165, 1.54) is 11.8 Å². The molecule has 0 aliphatic rings. The van der Waals surface area contributed by atoms with Crippen LogP contribution in [0.2, 0.25) is 0 Å². The molecule has 18 heavy (non-hydrogen) atoms. The average Bonchev–Trinajstić information content (AvgIpc) is 2.35. The fourth-order valence-electron chi connectivity index (χ4n) is 1.38. The zero-order chi connectivity index (χ0) is 13.5. The Hall–Kier alpha value is -1.16. The molecule has 0 spiro atoms. The van der Waals surface area contributed by atoms with Crippen LogP contribution in [0.1, 0.15) is 27.2 Å². The Morgan fingerprint density at radius 1 is 1.39 bits per heavy atom. The lowest BCUT2D eigenvalue weighted by Gasteiger charge is -2.15. The molecule has 0 fully saturated rings. The lowest BCUT2D eigenvalue weighted by atomic mass is 10.2. The standard InChI is InChI=1S/C14H21NO2S/c1-4-12(14(16)17-9-10(2)3)18-13-8-6-5-7-11(13)15/h5-8,10,12H,4,9,15H2,1-3H3. The summed E-state index contributed by atoms with van der Waals surface area (Å²) in [4.78, 5) is 12.8. The molecule has 0 bridgehead atoms. The van der Waals surface area contributed by atoms with E-state index in [-0.39, 0.29) is 11.2 Å². The lowest BCUT2D eigenvalue weighted by molar-refractivity contribution is -0.144. The van der Waals surface area contributed by atoms with Crippen molar-refractivity contribution in [3.8, 4) is 0 Å². The third kappa shape index (κ3) is 4.61. The van der Waals surface area contributed by atoms with Gasteiger partial charge in [-0.1, -0.05) is 32.9 Å². The van der Waals surface area contributed by atoms with Gasteiger partial charge in [0.15, 0.2) is 0 Å². The summed E-state index contributed by atoms with van der Waals surface area (Å²) in [5.41, 5.74) is 6.58. The van der Waals surface area contributed by atoms with Gasteiger partial charge in [0.05, 0.1) is 6.61 Å². The lowest BCUT2D eigenvalue weighted by Crippen LogP contribution is -2.21. The van der Waals surface area contributed by atoms with Crippen LogP contribution in [0, 0.1) is 5.92 Å². The molecule has 0 saturated carbocycles. The molecule has 4 heteroatoms. The topological polar surface area (TPSA) is 52.3 Å². The van der Waals surface area contributed by atoms with E-state index in [0.717, 1.165) is 11.3 Å². The van der Waals surface area contributed by atoms with Gasteiger partial charge in [-0.25, -0.2) is 0 Å². The predicted octanol–water partition coefficient (Wildman–Crippen LogP) is 3.34. The highest BCUT2D eigenvalue weighted by Crippen LogP contribution is 2.30. The van der Waals surface area contributed by atoms with E-state index in [0.29, 0.717) is 18.2 Å². The highest BCUT2D eigenvalue weighted by molar-refractivity contribution is 8.00. The molecular formula is C14H21NO2S. The van der Waals surface area contributed by atoms with E-state index >= 15 is 0 Å². The number of thioether (sulfide) groups is 1. The van der Waals surface area contributed by atoms with Crippen LogP contribution in [0.4, 0.5) is 5.69 Å². The number of benzene rings is 1. The fourth-order valence-corrected chi connectivity index (χ4v) is 2.38. The summed E-state index contributed by atoms with van der Waals surface area (Å²) in [5, 5.41) is -0.187. The summed E-state index contributed by atoms with van der Waals surface area (Å²) in [6.45, 7) is 6.50. The SMILES string of the molecule is CCC(Sc1ccccc1N)C(=O)OCC(C)C. The van der Waals surface area contributed by atoms with Crippen LogP contribution in [0.25, 0.3) is 0 Å². The first-order valence-electron chi connectivity index (χ1n) is 6.22. The van der Waals surface area contributed by atoms with Gasteiger partial charge in [0.1, 0.15) is 5.25 Å². The molecule has 0 aliphatic heterocycles. The Morgan fingerprint density at radius 3 is 2.61 bits per heavy atom. The minimum Gasteiger partial charge on any atom is -0.465 e. The number of para-hydroxylation sites is 1. The van der Waals surface area contributed by atoms with Gasteiger partial charge in [0.25, 0.3) is 0 Å². The Labute approximate surface area is 113 Å². The summed E-state index contributed by atoms with van der Waals surface area (Å²) in [5.74, 6) is 0.206. The van der Waals surface area contributed by atoms with E-state index < -0.39 is 0 Å². The van der Waals surface area contributed by atoms with Crippen molar-refractivity contribution in [3.63, 3.8) is 0 Å². The third-order valence-electron chi connectivity index (χ3n) is 2.38. The van der Waals surface area contributed by atoms with Gasteiger partial charge in [-0.3, -0.25) is 4.79 Å². The first-order chi connectivity index (χ1) is 8.54. The molecule has 1 rings (SSSR count). The Morgan fingerprint density at radius 2 is 2.06 bits per heavy atom. The number of esters is 1. The first kappa shape index (κ1) is 14.9. The number of hydrogen-bond donors (Lipinski definition) is 1. The Kier molecular flexibility index (Phi) is 6.05. The van der Waals surface area contributed by atoms with Crippen LogP contribution in [-0.4, -0.2) is 17.8 Å². The minimum atomic E-state index is -0.187. The largest absolute Gasteiger partial charge is 0.465 e. The fraction of sp³-hybridized carbons (Fsp3) is 0.500. The first-order valence-corrected chi connectivity index (χ1v) is 7.10. The predicted molar refractivity (Wildman–Crippen MR) is 76.6 cm³/mol. The maximum absolute atomic E-state index is 11.9. The Bertz CT molecular complexity index is 393. The zero-order valence-corrected chi connectivity index (χ0v) is 12.0. The summed E-state index contributed by atoms with van der Waals surface area (Å²) in [6.07, 6.45) is 0.732. The summed E-state index contributed by atoms with van der Waals surface area (Å²) < 4.78 is 5.27. The molecule has 0 aliphatic carbocycles. The van der Waals surface area contributed by atoms with Crippen molar-refractivity contribution in [2.24, 2.45) is 5.92 Å². The van der Waals surface area contributed by atoms with Crippen LogP contribution in [0.3, 0.4) is 0 Å². The maximum Gasteiger partial charge on any atom is 0.319 e. The van der Waals surface area contributed by atoms with Crippen LogP contribution in [0.15, 0.2) is 29.2 Å². The highest BCUT2D eigenvalue weighted by atomic mass is 32.2.